The van der Waals surface area contributed by atoms with Crippen molar-refractivity contribution in [3.8, 4) is 0 Å². The molecule has 0 N–H and O–H groups in total. The first-order valence-corrected chi connectivity index (χ1v) is 9.93. The van der Waals surface area contributed by atoms with Crippen LogP contribution in [0.4, 0.5) is 0 Å². The van der Waals surface area contributed by atoms with E-state index in [2.05, 4.69) is 26.5 Å². The summed E-state index contributed by atoms with van der Waals surface area (Å²) >= 11 is 0. The Morgan fingerprint density at radius 3 is 1.29 bits per heavy atom. The molecule has 0 fully saturated rings. The van der Waals surface area contributed by atoms with Gasteiger partial charge in [-0.1, -0.05) is 116 Å². The van der Waals surface area contributed by atoms with E-state index >= 15 is 0 Å². The van der Waals surface area contributed by atoms with Crippen LogP contribution in [0.5, 0.6) is 0 Å². The van der Waals surface area contributed by atoms with Crippen LogP contribution in [0.25, 0.3) is 0 Å². The summed E-state index contributed by atoms with van der Waals surface area (Å²) in [5.74, 6) is 0.715. The van der Waals surface area contributed by atoms with E-state index in [-0.39, 0.29) is 0 Å². The number of rotatable bonds is 17. The Hall–Kier alpha value is -0.260. The van der Waals surface area contributed by atoms with Crippen LogP contribution in [-0.2, 0) is 0 Å². The molecule has 0 nitrogen and oxygen atoms in total. The first-order chi connectivity index (χ1) is 10.3. The van der Waals surface area contributed by atoms with Crippen molar-refractivity contribution in [3.05, 3.63) is 12.7 Å². The van der Waals surface area contributed by atoms with Crippen molar-refractivity contribution >= 4 is 0 Å². The van der Waals surface area contributed by atoms with Gasteiger partial charge in [0, 0.05) is 0 Å². The summed E-state index contributed by atoms with van der Waals surface area (Å²) in [5.41, 5.74) is 0. The molecule has 0 heterocycles. The molecule has 0 spiro atoms. The molecular formula is C21H42. The van der Waals surface area contributed by atoms with Crippen molar-refractivity contribution < 1.29 is 0 Å². The molecule has 1 unspecified atom stereocenters. The molecule has 0 radical (unpaired) electrons. The molecule has 0 heteroatoms. The van der Waals surface area contributed by atoms with E-state index in [0.717, 1.165) is 0 Å². The van der Waals surface area contributed by atoms with E-state index < -0.39 is 0 Å². The number of hydrogen-bond acceptors (Lipinski definition) is 0. The zero-order valence-electron chi connectivity index (χ0n) is 15.2. The minimum Gasteiger partial charge on any atom is -0.103 e. The van der Waals surface area contributed by atoms with E-state index in [9.17, 15) is 0 Å². The average molecular weight is 295 g/mol. The van der Waals surface area contributed by atoms with Crippen LogP contribution in [0.1, 0.15) is 117 Å². The average Bonchev–Trinajstić information content (AvgIpc) is 2.50. The lowest BCUT2D eigenvalue weighted by Crippen LogP contribution is -1.89. The molecule has 0 amide bonds. The normalized spacial score (nSPS) is 12.5. The highest BCUT2D eigenvalue weighted by Crippen LogP contribution is 2.15. The molecule has 1 atom stereocenters. The Morgan fingerprint density at radius 2 is 0.952 bits per heavy atom. The Morgan fingerprint density at radius 1 is 0.619 bits per heavy atom. The molecule has 0 aliphatic rings. The largest absolute Gasteiger partial charge is 0.103 e. The van der Waals surface area contributed by atoms with Gasteiger partial charge in [-0.05, 0) is 12.3 Å². The molecule has 0 aromatic carbocycles. The van der Waals surface area contributed by atoms with Gasteiger partial charge in [-0.15, -0.1) is 6.58 Å². The van der Waals surface area contributed by atoms with Crippen LogP contribution in [-0.4, -0.2) is 0 Å². The van der Waals surface area contributed by atoms with Crippen molar-refractivity contribution in [2.75, 3.05) is 0 Å². The van der Waals surface area contributed by atoms with E-state index in [1.807, 2.05) is 0 Å². The van der Waals surface area contributed by atoms with Crippen LogP contribution in [0.2, 0.25) is 0 Å². The van der Waals surface area contributed by atoms with Gasteiger partial charge < -0.3 is 0 Å². The smallest absolute Gasteiger partial charge is 0.0265 e. The Balaban J connectivity index is 2.98. The van der Waals surface area contributed by atoms with Gasteiger partial charge in [0.15, 0.2) is 0 Å². The summed E-state index contributed by atoms with van der Waals surface area (Å²) in [6.07, 6.45) is 25.2. The van der Waals surface area contributed by atoms with Crippen LogP contribution in [0.15, 0.2) is 12.7 Å². The third-order valence-corrected chi connectivity index (χ3v) is 4.67. The molecule has 0 aromatic rings. The lowest BCUT2D eigenvalue weighted by atomic mass is 10.0. The van der Waals surface area contributed by atoms with E-state index in [1.54, 1.807) is 0 Å². The molecule has 0 bridgehead atoms. The monoisotopic (exact) mass is 294 g/mol. The zero-order chi connectivity index (χ0) is 15.6. The summed E-state index contributed by atoms with van der Waals surface area (Å²) in [6.45, 7) is 8.42. The van der Waals surface area contributed by atoms with Gasteiger partial charge in [0.25, 0.3) is 0 Å². The number of unbranched alkanes of at least 4 members (excludes halogenated alkanes) is 14. The first-order valence-electron chi connectivity index (χ1n) is 9.93. The van der Waals surface area contributed by atoms with Crippen molar-refractivity contribution in [3.63, 3.8) is 0 Å². The molecule has 0 aromatic heterocycles. The van der Waals surface area contributed by atoms with Crippen molar-refractivity contribution in [2.24, 2.45) is 5.92 Å². The third-order valence-electron chi connectivity index (χ3n) is 4.67. The third kappa shape index (κ3) is 17.7. The molecule has 0 saturated carbocycles. The van der Waals surface area contributed by atoms with Gasteiger partial charge in [-0.2, -0.15) is 0 Å². The van der Waals surface area contributed by atoms with Gasteiger partial charge in [0.1, 0.15) is 0 Å². The van der Waals surface area contributed by atoms with E-state index in [4.69, 9.17) is 0 Å². The lowest BCUT2D eigenvalue weighted by molar-refractivity contribution is 0.517. The fourth-order valence-corrected chi connectivity index (χ4v) is 2.96. The molecule has 126 valence electrons. The van der Waals surface area contributed by atoms with E-state index in [0.29, 0.717) is 5.92 Å². The SMILES string of the molecule is C=CC(C)CCCCCCCCCCCCCCCCC. The minimum absolute atomic E-state index is 0.715. The first kappa shape index (κ1) is 20.7. The second-order valence-electron chi connectivity index (χ2n) is 6.95. The number of allylic oxidation sites excluding steroid dienone is 1. The molecule has 0 saturated heterocycles. The van der Waals surface area contributed by atoms with Crippen LogP contribution >= 0.6 is 0 Å². The van der Waals surface area contributed by atoms with Crippen molar-refractivity contribution in [1.29, 1.82) is 0 Å². The number of hydrogen-bond donors (Lipinski definition) is 0. The Labute approximate surface area is 135 Å². The Kier molecular flexibility index (Phi) is 17.6. The second kappa shape index (κ2) is 17.8. The molecule has 0 rings (SSSR count). The molecular weight excluding hydrogens is 252 g/mol. The van der Waals surface area contributed by atoms with E-state index in [1.165, 1.54) is 103 Å². The molecule has 0 aliphatic carbocycles. The fourth-order valence-electron chi connectivity index (χ4n) is 2.96. The molecule has 21 heavy (non-hydrogen) atoms. The lowest BCUT2D eigenvalue weighted by Gasteiger charge is -2.05. The maximum absolute atomic E-state index is 3.85. The minimum atomic E-state index is 0.715. The van der Waals surface area contributed by atoms with Gasteiger partial charge in [-0.3, -0.25) is 0 Å². The maximum Gasteiger partial charge on any atom is -0.0265 e. The van der Waals surface area contributed by atoms with Gasteiger partial charge in [-0.25, -0.2) is 0 Å². The summed E-state index contributed by atoms with van der Waals surface area (Å²) in [7, 11) is 0. The van der Waals surface area contributed by atoms with Crippen molar-refractivity contribution in [1.82, 2.24) is 0 Å². The second-order valence-corrected chi connectivity index (χ2v) is 6.95. The highest BCUT2D eigenvalue weighted by atomic mass is 14.0. The summed E-state index contributed by atoms with van der Waals surface area (Å²) in [5, 5.41) is 0. The highest BCUT2D eigenvalue weighted by Gasteiger charge is 1.97. The fraction of sp³-hybridized carbons (Fsp3) is 0.905. The van der Waals surface area contributed by atoms with Crippen LogP contribution < -0.4 is 0 Å². The predicted octanol–water partition coefficient (Wildman–Crippen LogP) is 8.07. The van der Waals surface area contributed by atoms with Gasteiger partial charge in [0.2, 0.25) is 0 Å². The standard InChI is InChI=1S/C21H42/c1-4-6-7-8-9-10-11-12-13-14-15-16-17-18-19-20-21(3)5-2/h5,21H,2,4,6-20H2,1,3H3. The quantitative estimate of drug-likeness (QED) is 0.188. The highest BCUT2D eigenvalue weighted by molar-refractivity contribution is 4.74. The van der Waals surface area contributed by atoms with Crippen molar-refractivity contribution in [2.45, 2.75) is 117 Å². The topological polar surface area (TPSA) is 0 Å². The summed E-state index contributed by atoms with van der Waals surface area (Å²) in [6, 6.07) is 0. The van der Waals surface area contributed by atoms with Gasteiger partial charge in [0.05, 0.1) is 0 Å². The van der Waals surface area contributed by atoms with Gasteiger partial charge >= 0.3 is 0 Å². The summed E-state index contributed by atoms with van der Waals surface area (Å²) in [4.78, 5) is 0. The maximum atomic E-state index is 3.85. The zero-order valence-corrected chi connectivity index (χ0v) is 15.2. The Bertz CT molecular complexity index is 194. The predicted molar refractivity (Wildman–Crippen MR) is 98.9 cm³/mol. The molecule has 0 aliphatic heterocycles. The van der Waals surface area contributed by atoms with Crippen LogP contribution in [0, 0.1) is 5.92 Å². The summed E-state index contributed by atoms with van der Waals surface area (Å²) < 4.78 is 0. The van der Waals surface area contributed by atoms with Crippen LogP contribution in [0.3, 0.4) is 0 Å².